The van der Waals surface area contributed by atoms with Crippen LogP contribution < -0.4 is 0 Å². The number of rotatable bonds is 0. The molecule has 0 spiro atoms. The van der Waals surface area contributed by atoms with Crippen LogP contribution in [0.25, 0.3) is 0 Å². The van der Waals surface area contributed by atoms with Crippen LogP contribution in [0.2, 0.25) is 0 Å². The van der Waals surface area contributed by atoms with Crippen LogP contribution in [0.15, 0.2) is 0 Å². The van der Waals surface area contributed by atoms with E-state index in [2.05, 4.69) is 0 Å². The molecule has 0 fully saturated rings. The van der Waals surface area contributed by atoms with Gasteiger partial charge >= 0.3 is 37.8 Å². The molecule has 0 aliphatic rings. The van der Waals surface area contributed by atoms with Gasteiger partial charge in [-0.15, -0.1) is 0 Å². The molecule has 16 N–H and O–H groups in total. The van der Waals surface area contributed by atoms with E-state index in [4.69, 9.17) is 14.4 Å². The first-order valence-electron chi connectivity index (χ1n) is 0.651. The molecule has 0 aliphatic heterocycles. The average molecular weight is 232 g/mol. The summed E-state index contributed by atoms with van der Waals surface area (Å²) in [7, 11) is -3.13. The summed E-state index contributed by atoms with van der Waals surface area (Å²) in [6.07, 6.45) is 0. The van der Waals surface area contributed by atoms with E-state index in [-0.39, 0.29) is 67.9 Å². The Balaban J connectivity index is -0.00000000161. The Kier molecular flexibility index (Phi) is 945. The molecule has 0 aliphatic carbocycles. The standard InChI is InChI=1S/Na.H3O3P.7H2O.H/c;1-4(2)3;;;;;;;;/h;4H,(H2,1,2,3);7*1H2;. The molecule has 0 unspecified atom stereocenters. The number of hydrogen-bond donors (Lipinski definition) is 2. The van der Waals surface area contributed by atoms with Gasteiger partial charge in [-0.1, -0.05) is 0 Å². The molecule has 0 heterocycles. The third-order valence-electron chi connectivity index (χ3n) is 0. The van der Waals surface area contributed by atoms with Crippen molar-refractivity contribution in [3.8, 4) is 0 Å². The van der Waals surface area contributed by atoms with E-state index in [9.17, 15) is 0 Å². The maximum absolute atomic E-state index is 8.74. The van der Waals surface area contributed by atoms with Crippen molar-refractivity contribution in [2.75, 3.05) is 0 Å². The van der Waals surface area contributed by atoms with Gasteiger partial charge in [0.25, 0.3) is 0 Å². The summed E-state index contributed by atoms with van der Waals surface area (Å²) in [5.74, 6) is 0. The van der Waals surface area contributed by atoms with Crippen molar-refractivity contribution >= 4 is 37.8 Å². The predicted octanol–water partition coefficient (Wildman–Crippen LogP) is -7.06. The normalized spacial score (nSPS) is 2.92. The van der Waals surface area contributed by atoms with Crippen molar-refractivity contribution in [1.82, 2.24) is 0 Å². The molecule has 0 atom stereocenters. The molecule has 10 nitrogen and oxygen atoms in total. The average Bonchev–Trinajstić information content (AvgIpc) is 0.811. The fourth-order valence-electron chi connectivity index (χ4n) is 0. The van der Waals surface area contributed by atoms with Crippen LogP contribution in [-0.4, -0.2) is 77.7 Å². The molecule has 0 aromatic rings. The van der Waals surface area contributed by atoms with Crippen LogP contribution in [-0.2, 0) is 4.57 Å². The molecule has 0 amide bonds. The minimum atomic E-state index is -3.13. The van der Waals surface area contributed by atoms with Crippen LogP contribution in [0.4, 0.5) is 0 Å². The molecule has 0 saturated carbocycles. The third-order valence-corrected chi connectivity index (χ3v) is 0. The summed E-state index contributed by atoms with van der Waals surface area (Å²) in [4.78, 5) is 14.3. The van der Waals surface area contributed by atoms with E-state index >= 15 is 0 Å². The summed E-state index contributed by atoms with van der Waals surface area (Å²) in [6, 6.07) is 0. The molecule has 12 heavy (non-hydrogen) atoms. The molecule has 0 aromatic carbocycles. The summed E-state index contributed by atoms with van der Waals surface area (Å²) >= 11 is 0. The van der Waals surface area contributed by atoms with Crippen molar-refractivity contribution in [3.63, 3.8) is 0 Å². The van der Waals surface area contributed by atoms with Crippen molar-refractivity contribution in [2.45, 2.75) is 0 Å². The molecule has 84 valence electrons. The van der Waals surface area contributed by atoms with Gasteiger partial charge in [0.1, 0.15) is 0 Å². The quantitative estimate of drug-likeness (QED) is 0.304. The zero-order chi connectivity index (χ0) is 3.58. The van der Waals surface area contributed by atoms with Gasteiger partial charge in [0.05, 0.1) is 0 Å². The first kappa shape index (κ1) is 121. The van der Waals surface area contributed by atoms with Crippen molar-refractivity contribution in [1.29, 1.82) is 0 Å². The SMILES string of the molecule is O.O.O.O.O.O.O.O=[PH](O)O.[NaH]. The first-order chi connectivity index (χ1) is 1.73. The first-order valence-corrected chi connectivity index (χ1v) is 1.95. The van der Waals surface area contributed by atoms with Gasteiger partial charge in [0.15, 0.2) is 0 Å². The van der Waals surface area contributed by atoms with E-state index in [1.165, 1.54) is 0 Å². The number of hydrogen-bond acceptors (Lipinski definition) is 1. The van der Waals surface area contributed by atoms with E-state index in [0.29, 0.717) is 0 Å². The Labute approximate surface area is 90.6 Å². The Morgan fingerprint density at radius 1 is 0.667 bits per heavy atom. The Bertz CT molecular complexity index is 32.8. The van der Waals surface area contributed by atoms with Gasteiger partial charge in [0, 0.05) is 0 Å². The zero-order valence-corrected chi connectivity index (χ0v) is 6.30. The molecule has 12 heteroatoms. The molecule has 0 aromatic heterocycles. The van der Waals surface area contributed by atoms with Crippen LogP contribution in [0.3, 0.4) is 0 Å². The van der Waals surface area contributed by atoms with Gasteiger partial charge in [0.2, 0.25) is 0 Å². The molecular formula is H18NaO10P. The molecule has 0 saturated heterocycles. The second-order valence-corrected chi connectivity index (χ2v) is 0.848. The van der Waals surface area contributed by atoms with Crippen LogP contribution >= 0.6 is 8.25 Å². The summed E-state index contributed by atoms with van der Waals surface area (Å²) in [5, 5.41) is 0. The second-order valence-electron chi connectivity index (χ2n) is 0.283. The van der Waals surface area contributed by atoms with Gasteiger partial charge < -0.3 is 48.1 Å². The van der Waals surface area contributed by atoms with Crippen molar-refractivity contribution in [2.24, 2.45) is 0 Å². The van der Waals surface area contributed by atoms with Gasteiger partial charge in [-0.3, -0.25) is 4.57 Å². The summed E-state index contributed by atoms with van der Waals surface area (Å²) in [5.41, 5.74) is 0. The van der Waals surface area contributed by atoms with Crippen LogP contribution in [0.1, 0.15) is 0 Å². The Morgan fingerprint density at radius 3 is 0.667 bits per heavy atom. The summed E-state index contributed by atoms with van der Waals surface area (Å²) < 4.78 is 8.74. The third kappa shape index (κ3) is 1400. The van der Waals surface area contributed by atoms with E-state index in [0.717, 1.165) is 0 Å². The minimum absolute atomic E-state index is 0. The fourth-order valence-corrected chi connectivity index (χ4v) is 0. The second kappa shape index (κ2) is 93.6. The van der Waals surface area contributed by atoms with Crippen LogP contribution in [0.5, 0.6) is 0 Å². The zero-order valence-electron chi connectivity index (χ0n) is 5.30. The maximum atomic E-state index is 8.74. The fraction of sp³-hybridized carbons (Fsp3) is 0. The molecule has 0 rings (SSSR count). The Hall–Kier alpha value is 0.870. The van der Waals surface area contributed by atoms with Crippen LogP contribution in [0, 0.1) is 0 Å². The molecule has 0 bridgehead atoms. The predicted molar refractivity (Wildman–Crippen MR) is 45.9 cm³/mol. The monoisotopic (exact) mass is 232 g/mol. The molecular weight excluding hydrogens is 214 g/mol. The summed E-state index contributed by atoms with van der Waals surface area (Å²) in [6.45, 7) is 0. The van der Waals surface area contributed by atoms with Gasteiger partial charge in [-0.2, -0.15) is 0 Å². The van der Waals surface area contributed by atoms with E-state index in [1.807, 2.05) is 0 Å². The Morgan fingerprint density at radius 2 is 0.667 bits per heavy atom. The topological polar surface area (TPSA) is 278 Å². The van der Waals surface area contributed by atoms with Gasteiger partial charge in [-0.05, 0) is 0 Å². The molecule has 0 radical (unpaired) electrons. The van der Waals surface area contributed by atoms with E-state index in [1.54, 1.807) is 0 Å². The van der Waals surface area contributed by atoms with Gasteiger partial charge in [-0.25, -0.2) is 0 Å². The van der Waals surface area contributed by atoms with Crippen molar-refractivity contribution < 1.29 is 52.7 Å². The van der Waals surface area contributed by atoms with E-state index < -0.39 is 8.25 Å². The van der Waals surface area contributed by atoms with Crippen molar-refractivity contribution in [3.05, 3.63) is 0 Å².